The first-order chi connectivity index (χ1) is 17.3. The van der Waals surface area contributed by atoms with E-state index in [1.165, 1.54) is 19.1 Å². The molecular formula is C28H23F2N3O3. The number of hydrogen-bond acceptors (Lipinski definition) is 5. The fraction of sp³-hybridized carbons (Fsp3) is 0.179. The molecule has 6 nitrogen and oxygen atoms in total. The number of benzene rings is 2. The lowest BCUT2D eigenvalue weighted by molar-refractivity contribution is -0.132. The van der Waals surface area contributed by atoms with Crippen LogP contribution in [0.4, 0.5) is 8.78 Å². The van der Waals surface area contributed by atoms with Crippen molar-refractivity contribution in [3.8, 4) is 17.1 Å². The molecule has 5 aromatic rings. The molecule has 0 aliphatic carbocycles. The average Bonchev–Trinajstić information content (AvgIpc) is 3.32. The zero-order valence-corrected chi connectivity index (χ0v) is 20.0. The predicted molar refractivity (Wildman–Crippen MR) is 130 cm³/mol. The zero-order chi connectivity index (χ0) is 25.4. The predicted octanol–water partition coefficient (Wildman–Crippen LogP) is 5.99. The van der Waals surface area contributed by atoms with Gasteiger partial charge in [0.1, 0.15) is 28.8 Å². The Bertz CT molecular complexity index is 1550. The standard InChI is InChI=1S/C28H23F2N3O3/c1-16-9-23(35-17(16)2)14-25-28(36-18(3)34)33-15-26(20-7-5-4-6-8-20)31-24(27(33)32-25)12-19-10-21(29)13-22(30)11-19/h4-11,13,15H,12,14H2,1-3H3. The summed E-state index contributed by atoms with van der Waals surface area (Å²) in [4.78, 5) is 21.6. The first-order valence-corrected chi connectivity index (χ1v) is 11.4. The fourth-order valence-corrected chi connectivity index (χ4v) is 4.17. The van der Waals surface area contributed by atoms with Gasteiger partial charge in [-0.05, 0) is 43.2 Å². The highest BCUT2D eigenvalue weighted by Crippen LogP contribution is 2.30. The topological polar surface area (TPSA) is 69.6 Å². The van der Waals surface area contributed by atoms with E-state index in [9.17, 15) is 13.6 Å². The number of aryl methyl sites for hydroxylation is 2. The van der Waals surface area contributed by atoms with Gasteiger partial charge in [0.05, 0.1) is 17.8 Å². The largest absolute Gasteiger partial charge is 0.466 e. The smallest absolute Gasteiger partial charge is 0.309 e. The van der Waals surface area contributed by atoms with Crippen molar-refractivity contribution < 1.29 is 22.7 Å². The van der Waals surface area contributed by atoms with Crippen molar-refractivity contribution >= 4 is 11.6 Å². The molecule has 8 heteroatoms. The summed E-state index contributed by atoms with van der Waals surface area (Å²) in [5.74, 6) is -0.134. The van der Waals surface area contributed by atoms with E-state index in [4.69, 9.17) is 19.1 Å². The van der Waals surface area contributed by atoms with Crippen LogP contribution in [0.5, 0.6) is 5.88 Å². The summed E-state index contributed by atoms with van der Waals surface area (Å²) in [6, 6.07) is 14.7. The van der Waals surface area contributed by atoms with E-state index in [2.05, 4.69) is 0 Å². The van der Waals surface area contributed by atoms with Crippen LogP contribution in [0.15, 0.2) is 65.2 Å². The number of hydrogen-bond donors (Lipinski definition) is 0. The molecule has 0 aliphatic heterocycles. The van der Waals surface area contributed by atoms with Crippen LogP contribution in [0.1, 0.15) is 41.0 Å². The lowest BCUT2D eigenvalue weighted by atomic mass is 10.1. The van der Waals surface area contributed by atoms with Crippen LogP contribution in [0.25, 0.3) is 16.9 Å². The summed E-state index contributed by atoms with van der Waals surface area (Å²) < 4.78 is 41.0. The van der Waals surface area contributed by atoms with Crippen LogP contribution in [0, 0.1) is 25.5 Å². The van der Waals surface area contributed by atoms with Crippen molar-refractivity contribution in [1.82, 2.24) is 14.4 Å². The van der Waals surface area contributed by atoms with E-state index in [0.717, 1.165) is 23.0 Å². The van der Waals surface area contributed by atoms with Crippen LogP contribution < -0.4 is 4.74 Å². The van der Waals surface area contributed by atoms with Crippen LogP contribution >= 0.6 is 0 Å². The monoisotopic (exact) mass is 487 g/mol. The number of carbonyl (C=O) groups is 1. The molecule has 0 fully saturated rings. The number of furan rings is 1. The summed E-state index contributed by atoms with van der Waals surface area (Å²) in [6.07, 6.45) is 2.15. The molecular weight excluding hydrogens is 464 g/mol. The number of esters is 1. The van der Waals surface area contributed by atoms with Crippen molar-refractivity contribution in [2.45, 2.75) is 33.6 Å². The minimum Gasteiger partial charge on any atom is -0.466 e. The number of carbonyl (C=O) groups excluding carboxylic acids is 1. The molecule has 0 atom stereocenters. The van der Waals surface area contributed by atoms with E-state index in [-0.39, 0.29) is 18.7 Å². The normalized spacial score (nSPS) is 11.2. The maximum atomic E-state index is 13.9. The van der Waals surface area contributed by atoms with Gasteiger partial charge >= 0.3 is 5.97 Å². The molecule has 0 amide bonds. The Morgan fingerprint density at radius 2 is 1.69 bits per heavy atom. The van der Waals surface area contributed by atoms with E-state index < -0.39 is 17.6 Å². The number of fused-ring (bicyclic) bond motifs is 1. The van der Waals surface area contributed by atoms with Crippen LogP contribution in [0.2, 0.25) is 0 Å². The van der Waals surface area contributed by atoms with Gasteiger partial charge in [0, 0.05) is 31.2 Å². The Morgan fingerprint density at radius 3 is 2.33 bits per heavy atom. The van der Waals surface area contributed by atoms with Crippen molar-refractivity contribution in [1.29, 1.82) is 0 Å². The quantitative estimate of drug-likeness (QED) is 0.275. The molecule has 0 saturated heterocycles. The molecule has 0 spiro atoms. The Hall–Kier alpha value is -4.33. The van der Waals surface area contributed by atoms with Crippen LogP contribution in [0.3, 0.4) is 0 Å². The minimum absolute atomic E-state index is 0.119. The Morgan fingerprint density at radius 1 is 0.972 bits per heavy atom. The molecule has 0 bridgehead atoms. The summed E-state index contributed by atoms with van der Waals surface area (Å²) in [6.45, 7) is 5.15. The van der Waals surface area contributed by atoms with Crippen molar-refractivity contribution in [2.75, 3.05) is 0 Å². The number of aromatic nitrogens is 3. The number of ether oxygens (including phenoxy) is 1. The van der Waals surface area contributed by atoms with Gasteiger partial charge in [0.2, 0.25) is 5.88 Å². The van der Waals surface area contributed by atoms with Crippen LogP contribution in [-0.4, -0.2) is 20.3 Å². The van der Waals surface area contributed by atoms with Gasteiger partial charge in [-0.15, -0.1) is 0 Å². The highest BCUT2D eigenvalue weighted by atomic mass is 19.1. The first-order valence-electron chi connectivity index (χ1n) is 11.4. The molecule has 0 saturated carbocycles. The Labute approximate surface area is 206 Å². The van der Waals surface area contributed by atoms with Crippen molar-refractivity contribution in [2.24, 2.45) is 0 Å². The Kier molecular flexibility index (Phi) is 6.10. The second-order valence-corrected chi connectivity index (χ2v) is 8.67. The maximum Gasteiger partial charge on any atom is 0.309 e. The summed E-state index contributed by atoms with van der Waals surface area (Å²) in [5.41, 5.74) is 4.22. The molecule has 182 valence electrons. The molecule has 0 radical (unpaired) electrons. The molecule has 5 rings (SSSR count). The number of halogens is 2. The first kappa shape index (κ1) is 23.4. The highest BCUT2D eigenvalue weighted by molar-refractivity contribution is 5.70. The molecule has 3 heterocycles. The highest BCUT2D eigenvalue weighted by Gasteiger charge is 2.22. The van der Waals surface area contributed by atoms with Gasteiger partial charge in [-0.1, -0.05) is 30.3 Å². The number of rotatable bonds is 6. The SMILES string of the molecule is CC(=O)Oc1c(Cc2cc(C)c(C)o2)nc2c(Cc3cc(F)cc(F)c3)nc(-c3ccccc3)cn12. The lowest BCUT2D eigenvalue weighted by Gasteiger charge is -2.10. The van der Waals surface area contributed by atoms with E-state index >= 15 is 0 Å². The molecule has 3 aromatic heterocycles. The van der Waals surface area contributed by atoms with Crippen LogP contribution in [-0.2, 0) is 17.6 Å². The maximum absolute atomic E-state index is 13.9. The summed E-state index contributed by atoms with van der Waals surface area (Å²) >= 11 is 0. The number of imidazole rings is 1. The molecule has 0 aliphatic rings. The fourth-order valence-electron chi connectivity index (χ4n) is 4.17. The third-order valence-electron chi connectivity index (χ3n) is 5.86. The van der Waals surface area contributed by atoms with Gasteiger partial charge in [0.25, 0.3) is 0 Å². The lowest BCUT2D eigenvalue weighted by Crippen LogP contribution is -2.07. The van der Waals surface area contributed by atoms with Gasteiger partial charge in [-0.25, -0.2) is 18.7 Å². The van der Waals surface area contributed by atoms with E-state index in [1.54, 1.807) is 10.6 Å². The van der Waals surface area contributed by atoms with Gasteiger partial charge in [0.15, 0.2) is 5.65 Å². The van der Waals surface area contributed by atoms with Crippen molar-refractivity contribution in [3.05, 3.63) is 106 Å². The Balaban J connectivity index is 1.71. The second kappa shape index (κ2) is 9.37. The van der Waals surface area contributed by atoms with Crippen molar-refractivity contribution in [3.63, 3.8) is 0 Å². The van der Waals surface area contributed by atoms with Gasteiger partial charge in [-0.2, -0.15) is 0 Å². The minimum atomic E-state index is -0.673. The molecule has 0 unspecified atom stereocenters. The molecule has 0 N–H and O–H groups in total. The second-order valence-electron chi connectivity index (χ2n) is 8.67. The van der Waals surface area contributed by atoms with Gasteiger partial charge in [-0.3, -0.25) is 9.20 Å². The third kappa shape index (κ3) is 4.75. The zero-order valence-electron chi connectivity index (χ0n) is 20.0. The molecule has 2 aromatic carbocycles. The van der Waals surface area contributed by atoms with E-state index in [0.29, 0.717) is 34.1 Å². The summed E-state index contributed by atoms with van der Waals surface area (Å²) in [7, 11) is 0. The molecule has 36 heavy (non-hydrogen) atoms. The average molecular weight is 488 g/mol. The van der Waals surface area contributed by atoms with E-state index in [1.807, 2.05) is 50.2 Å². The summed E-state index contributed by atoms with van der Waals surface area (Å²) in [5, 5.41) is 0. The number of nitrogens with zero attached hydrogens (tertiary/aromatic N) is 3. The van der Waals surface area contributed by atoms with Gasteiger partial charge < -0.3 is 9.15 Å². The third-order valence-corrected chi connectivity index (χ3v) is 5.86.